The molecule has 3 aliphatic rings. The van der Waals surface area contributed by atoms with Crippen LogP contribution in [0.4, 0.5) is 50.5 Å². The lowest BCUT2D eigenvalue weighted by atomic mass is 9.82. The Labute approximate surface area is 444 Å². The summed E-state index contributed by atoms with van der Waals surface area (Å²) in [5, 5.41) is 27.8. The van der Waals surface area contributed by atoms with E-state index in [1.807, 2.05) is 22.9 Å². The number of pyridine rings is 2. The van der Waals surface area contributed by atoms with Gasteiger partial charge < -0.3 is 40.5 Å². The second-order valence-electron chi connectivity index (χ2n) is 20.5. The van der Waals surface area contributed by atoms with Gasteiger partial charge in [0.05, 0.1) is 55.0 Å². The van der Waals surface area contributed by atoms with Gasteiger partial charge in [0.2, 0.25) is 5.91 Å². The molecule has 2 bridgehead atoms. The number of benzene rings is 2. The second-order valence-corrected chi connectivity index (χ2v) is 20.5. The fraction of sp³-hybridized carbons (Fsp3) is 0.472. The minimum absolute atomic E-state index is 0.0445. The van der Waals surface area contributed by atoms with Crippen LogP contribution in [0.3, 0.4) is 0 Å². The number of alkyl carbamates (subject to hydrolysis) is 1. The van der Waals surface area contributed by atoms with Crippen molar-refractivity contribution >= 4 is 29.8 Å². The Kier molecular flexibility index (Phi) is 17.9. The monoisotopic (exact) mass is 1100 g/mol. The van der Waals surface area contributed by atoms with Gasteiger partial charge in [0.1, 0.15) is 29.5 Å². The molecule has 3 aliphatic heterocycles. The SMILES string of the molecule is COC(=O)NC(C(=O)NC(Cc1ccc(C#Cc2ccc(N3CC4CCC(C3)N4C3COC3)nc2)cc1)C(O)CN(Cc1c(F)cc(-c2ccccn2)cc1F)NC(=O)C(NC(=O)O)C(C)(C)C(F)(F)F)C(C)(C)C(F)(F)F. The molecule has 6 N–H and O–H groups in total. The zero-order valence-electron chi connectivity index (χ0n) is 43.0. The third-order valence-electron chi connectivity index (χ3n) is 14.5. The summed E-state index contributed by atoms with van der Waals surface area (Å²) < 4.78 is 129. The maximum Gasteiger partial charge on any atom is 0.407 e. The number of hydrazine groups is 1. The summed E-state index contributed by atoms with van der Waals surface area (Å²) in [6, 6.07) is 10.7. The number of nitrogens with one attached hydrogen (secondary N) is 4. The lowest BCUT2D eigenvalue weighted by Gasteiger charge is -2.47. The van der Waals surface area contributed by atoms with Crippen LogP contribution >= 0.6 is 0 Å². The third kappa shape index (κ3) is 13.6. The van der Waals surface area contributed by atoms with E-state index in [0.717, 1.165) is 64.2 Å². The molecule has 6 atom stereocenters. The standard InChI is InChI=1S/C53H59F8N9O8/c1-50(2,52(56,57)58)44(66-49(76)77-5)46(72)64-41(20-31-12-9-30(10-13-31)11-14-32-15-18-43(63-23-32)68-24-34-16-17-35(25-68)70(34)36-28-78-29-36)42(71)27-69(67-47(73)45(65-48(74)75)51(3,4)53(59,60)61)26-37-38(54)21-33(22-39(37)55)40-8-6-7-19-62-40/h6-10,12-13,15,18-19,21-23,34-36,41-42,44-45,65,71H,16-17,20,24-29H2,1-5H3,(H,64,72)(H,66,76)(H,67,73)(H,74,75). The summed E-state index contributed by atoms with van der Waals surface area (Å²) in [5.41, 5.74) is -3.46. The van der Waals surface area contributed by atoms with Crippen LogP contribution in [0.1, 0.15) is 62.8 Å². The van der Waals surface area contributed by atoms with E-state index in [9.17, 15) is 55.7 Å². The lowest BCUT2D eigenvalue weighted by molar-refractivity contribution is -0.221. The topological polar surface area (TPSA) is 211 Å². The minimum atomic E-state index is -5.23. The molecule has 7 rings (SSSR count). The summed E-state index contributed by atoms with van der Waals surface area (Å²) >= 11 is 0. The van der Waals surface area contributed by atoms with Gasteiger partial charge in [-0.2, -0.15) is 26.3 Å². The molecule has 25 heteroatoms. The largest absolute Gasteiger partial charge is 0.465 e. The van der Waals surface area contributed by atoms with Crippen LogP contribution in [0.5, 0.6) is 0 Å². The van der Waals surface area contributed by atoms with Gasteiger partial charge in [-0.1, -0.05) is 30.0 Å². The highest BCUT2D eigenvalue weighted by Crippen LogP contribution is 2.42. The first kappa shape index (κ1) is 58.5. The van der Waals surface area contributed by atoms with Crippen LogP contribution in [0.2, 0.25) is 0 Å². The molecule has 0 radical (unpaired) electrons. The number of aliphatic hydroxyl groups excluding tert-OH is 1. The first-order valence-corrected chi connectivity index (χ1v) is 24.7. The number of anilines is 1. The van der Waals surface area contributed by atoms with Crippen LogP contribution in [0.15, 0.2) is 79.1 Å². The van der Waals surface area contributed by atoms with Crippen molar-refractivity contribution in [2.24, 2.45) is 10.8 Å². The molecule has 17 nitrogen and oxygen atoms in total. The highest BCUT2D eigenvalue weighted by Gasteiger charge is 2.57. The Hall–Kier alpha value is -7.14. The number of fused-ring (bicyclic) bond motifs is 2. The summed E-state index contributed by atoms with van der Waals surface area (Å²) in [6.45, 7) is 3.34. The molecule has 5 heterocycles. The number of methoxy groups -OCH3 is 1. The van der Waals surface area contributed by atoms with Gasteiger partial charge in [-0.3, -0.25) is 24.9 Å². The number of nitrogens with zero attached hydrogens (tertiary/aromatic N) is 5. The van der Waals surface area contributed by atoms with E-state index in [1.54, 1.807) is 30.5 Å². The number of carbonyl (C=O) groups excluding carboxylic acids is 3. The van der Waals surface area contributed by atoms with Gasteiger partial charge >= 0.3 is 24.5 Å². The Bertz CT molecular complexity index is 2810. The maximum absolute atomic E-state index is 16.0. The fourth-order valence-corrected chi connectivity index (χ4v) is 9.56. The number of ether oxygens (including phenoxy) is 2. The van der Waals surface area contributed by atoms with Gasteiger partial charge in [-0.15, -0.1) is 0 Å². The van der Waals surface area contributed by atoms with Crippen LogP contribution in [-0.2, 0) is 32.0 Å². The van der Waals surface area contributed by atoms with E-state index in [-0.39, 0.29) is 11.3 Å². The predicted molar refractivity (Wildman–Crippen MR) is 266 cm³/mol. The van der Waals surface area contributed by atoms with Crippen LogP contribution in [0, 0.1) is 34.3 Å². The Balaban J connectivity index is 1.17. The summed E-state index contributed by atoms with van der Waals surface area (Å²) in [6.07, 6.45) is -11.2. The number of carbonyl (C=O) groups is 4. The molecular weight excluding hydrogens is 1040 g/mol. The smallest absolute Gasteiger partial charge is 0.407 e. The normalized spacial score (nSPS) is 18.6. The van der Waals surface area contributed by atoms with Crippen molar-refractivity contribution in [3.63, 3.8) is 0 Å². The average molecular weight is 1100 g/mol. The average Bonchev–Trinajstić information content (AvgIpc) is 3.64. The molecule has 420 valence electrons. The van der Waals surface area contributed by atoms with Crippen molar-refractivity contribution in [3.05, 3.63) is 113 Å². The number of rotatable bonds is 18. The van der Waals surface area contributed by atoms with Gasteiger partial charge in [0.15, 0.2) is 0 Å². The quantitative estimate of drug-likeness (QED) is 0.0366. The minimum Gasteiger partial charge on any atom is -0.465 e. The molecule has 3 fully saturated rings. The Morgan fingerprint density at radius 3 is 1.90 bits per heavy atom. The molecule has 0 aliphatic carbocycles. The highest BCUT2D eigenvalue weighted by molar-refractivity contribution is 5.87. The van der Waals surface area contributed by atoms with Gasteiger partial charge in [0, 0.05) is 72.9 Å². The number of carboxylic acid groups (broad SMARTS) is 1. The zero-order valence-corrected chi connectivity index (χ0v) is 43.0. The maximum atomic E-state index is 16.0. The third-order valence-corrected chi connectivity index (χ3v) is 14.5. The highest BCUT2D eigenvalue weighted by atomic mass is 19.4. The van der Waals surface area contributed by atoms with E-state index in [2.05, 4.69) is 41.7 Å². The number of piperazine rings is 1. The molecule has 78 heavy (non-hydrogen) atoms. The van der Waals surface area contributed by atoms with Crippen molar-refractivity contribution in [2.75, 3.05) is 44.9 Å². The molecule has 6 unspecified atom stereocenters. The molecular formula is C53H59F8N9O8. The Morgan fingerprint density at radius 2 is 1.38 bits per heavy atom. The van der Waals surface area contributed by atoms with E-state index in [1.165, 1.54) is 29.7 Å². The number of halogens is 8. The number of amides is 4. The number of aromatic nitrogens is 2. The summed E-state index contributed by atoms with van der Waals surface area (Å²) in [5.74, 6) is 1.16. The number of alkyl halides is 6. The van der Waals surface area contributed by atoms with Gasteiger partial charge in [0.25, 0.3) is 5.91 Å². The molecule has 0 saturated carbocycles. The van der Waals surface area contributed by atoms with Crippen molar-refractivity contribution in [3.8, 4) is 23.1 Å². The molecule has 4 aromatic rings. The first-order valence-electron chi connectivity index (χ1n) is 24.7. The van der Waals surface area contributed by atoms with Crippen LogP contribution < -0.4 is 26.3 Å². The molecule has 3 saturated heterocycles. The predicted octanol–water partition coefficient (Wildman–Crippen LogP) is 6.33. The zero-order chi connectivity index (χ0) is 56.9. The molecule has 2 aromatic carbocycles. The number of hydrogen-bond acceptors (Lipinski definition) is 12. The van der Waals surface area contributed by atoms with Crippen molar-refractivity contribution in [2.45, 2.75) is 108 Å². The molecule has 0 spiro atoms. The van der Waals surface area contributed by atoms with Crippen molar-refractivity contribution in [1.82, 2.24) is 41.3 Å². The Morgan fingerprint density at radius 1 is 0.795 bits per heavy atom. The molecule has 2 aromatic heterocycles. The van der Waals surface area contributed by atoms with Gasteiger partial charge in [-0.25, -0.2) is 28.4 Å². The van der Waals surface area contributed by atoms with Crippen LogP contribution in [-0.4, -0.2) is 149 Å². The molecule has 4 amide bonds. The number of aliphatic hydroxyl groups is 1. The van der Waals surface area contributed by atoms with E-state index in [4.69, 9.17) is 4.74 Å². The van der Waals surface area contributed by atoms with Gasteiger partial charge in [-0.05, 0) is 101 Å². The van der Waals surface area contributed by atoms with E-state index >= 15 is 8.78 Å². The second kappa shape index (κ2) is 23.8. The van der Waals surface area contributed by atoms with Crippen molar-refractivity contribution in [1.29, 1.82) is 0 Å². The van der Waals surface area contributed by atoms with Crippen LogP contribution in [0.25, 0.3) is 11.3 Å². The van der Waals surface area contributed by atoms with Crippen molar-refractivity contribution < 1.29 is 74.0 Å². The van der Waals surface area contributed by atoms with E-state index < -0.39 is 108 Å². The summed E-state index contributed by atoms with van der Waals surface area (Å²) in [4.78, 5) is 65.7. The lowest BCUT2D eigenvalue weighted by Crippen LogP contribution is -2.63. The van der Waals surface area contributed by atoms with E-state index in [0.29, 0.717) is 67.5 Å². The fourth-order valence-electron chi connectivity index (χ4n) is 9.56. The first-order chi connectivity index (χ1) is 36.7. The number of hydrogen-bond donors (Lipinski definition) is 6. The summed E-state index contributed by atoms with van der Waals surface area (Å²) in [7, 11) is 0.837.